The van der Waals surface area contributed by atoms with E-state index in [4.69, 9.17) is 0 Å². The molecule has 0 aliphatic rings. The molecular weight excluding hydrogens is 484 g/mol. The molecule has 0 aliphatic heterocycles. The lowest BCUT2D eigenvalue weighted by Gasteiger charge is -2.21. The molecule has 0 aromatic heterocycles. The van der Waals surface area contributed by atoms with Gasteiger partial charge in [0, 0.05) is 17.8 Å². The Morgan fingerprint density at radius 1 is 0.622 bits per heavy atom. The SMILES string of the molecule is O=C(C=Cc1ccccc1)Nc1ccc(S(=O)(=O)N(C(=O)C=Cc2ccccc2)c2ccccc2)cc1. The molecule has 4 aromatic carbocycles. The van der Waals surface area contributed by atoms with Gasteiger partial charge in [-0.2, -0.15) is 4.31 Å². The van der Waals surface area contributed by atoms with Crippen LogP contribution in [0.25, 0.3) is 12.2 Å². The Balaban J connectivity index is 1.55. The average molecular weight is 509 g/mol. The fourth-order valence-electron chi connectivity index (χ4n) is 3.48. The van der Waals surface area contributed by atoms with E-state index in [9.17, 15) is 18.0 Å². The quantitative estimate of drug-likeness (QED) is 0.306. The number of rotatable bonds is 8. The highest BCUT2D eigenvalue weighted by molar-refractivity contribution is 7.93. The Hall–Kier alpha value is -4.75. The molecule has 2 amide bonds. The number of carbonyl (C=O) groups excluding carboxylic acids is 2. The Bertz CT molecular complexity index is 1520. The number of sulfonamides is 1. The van der Waals surface area contributed by atoms with E-state index in [0.717, 1.165) is 15.4 Å². The van der Waals surface area contributed by atoms with Crippen LogP contribution in [0, 0.1) is 0 Å². The number of nitrogens with one attached hydrogen (secondary N) is 1. The van der Waals surface area contributed by atoms with Crippen molar-refractivity contribution in [1.82, 2.24) is 0 Å². The molecular formula is C30H24N2O4S. The Kier molecular flexibility index (Phi) is 8.08. The van der Waals surface area contributed by atoms with Crippen LogP contribution in [0.1, 0.15) is 11.1 Å². The number of benzene rings is 4. The van der Waals surface area contributed by atoms with Crippen LogP contribution in [-0.4, -0.2) is 20.2 Å². The minimum Gasteiger partial charge on any atom is -0.323 e. The summed E-state index contributed by atoms with van der Waals surface area (Å²) < 4.78 is 27.9. The highest BCUT2D eigenvalue weighted by Crippen LogP contribution is 2.25. The number of anilines is 2. The summed E-state index contributed by atoms with van der Waals surface area (Å²) in [6, 6.07) is 32.4. The zero-order chi connectivity index (χ0) is 26.1. The van der Waals surface area contributed by atoms with Crippen LogP contribution in [0.4, 0.5) is 11.4 Å². The van der Waals surface area contributed by atoms with Gasteiger partial charge in [-0.25, -0.2) is 8.42 Å². The van der Waals surface area contributed by atoms with Crippen molar-refractivity contribution < 1.29 is 18.0 Å². The fraction of sp³-hybridized carbons (Fsp3) is 0. The lowest BCUT2D eigenvalue weighted by atomic mass is 10.2. The highest BCUT2D eigenvalue weighted by atomic mass is 32.2. The van der Waals surface area contributed by atoms with Gasteiger partial charge >= 0.3 is 0 Å². The third-order valence-electron chi connectivity index (χ3n) is 5.30. The Labute approximate surface area is 216 Å². The molecule has 37 heavy (non-hydrogen) atoms. The van der Waals surface area contributed by atoms with E-state index in [-0.39, 0.29) is 16.5 Å². The van der Waals surface area contributed by atoms with E-state index in [0.29, 0.717) is 5.69 Å². The van der Waals surface area contributed by atoms with Crippen molar-refractivity contribution in [1.29, 1.82) is 0 Å². The molecule has 0 spiro atoms. The smallest absolute Gasteiger partial charge is 0.271 e. The van der Waals surface area contributed by atoms with Gasteiger partial charge in [0.2, 0.25) is 5.91 Å². The number of nitrogens with zero attached hydrogens (tertiary/aromatic N) is 1. The van der Waals surface area contributed by atoms with Crippen molar-refractivity contribution in [3.63, 3.8) is 0 Å². The van der Waals surface area contributed by atoms with Crippen LogP contribution < -0.4 is 9.62 Å². The zero-order valence-corrected chi connectivity index (χ0v) is 20.6. The third kappa shape index (κ3) is 6.68. The van der Waals surface area contributed by atoms with Crippen molar-refractivity contribution in [2.75, 3.05) is 9.62 Å². The van der Waals surface area contributed by atoms with Crippen LogP contribution in [0.2, 0.25) is 0 Å². The summed E-state index contributed by atoms with van der Waals surface area (Å²) in [5.74, 6) is -1.06. The summed E-state index contributed by atoms with van der Waals surface area (Å²) in [4.78, 5) is 25.3. The molecule has 0 unspecified atom stereocenters. The first-order chi connectivity index (χ1) is 17.9. The van der Waals surface area contributed by atoms with Gasteiger partial charge in [0.05, 0.1) is 10.6 Å². The molecule has 4 aromatic rings. The number of para-hydroxylation sites is 1. The van der Waals surface area contributed by atoms with Gasteiger partial charge in [0.25, 0.3) is 15.9 Å². The molecule has 0 saturated heterocycles. The molecule has 7 heteroatoms. The largest absolute Gasteiger partial charge is 0.323 e. The first-order valence-corrected chi connectivity index (χ1v) is 12.9. The predicted octanol–water partition coefficient (Wildman–Crippen LogP) is 5.77. The van der Waals surface area contributed by atoms with E-state index in [1.807, 2.05) is 60.7 Å². The first kappa shape index (κ1) is 25.3. The summed E-state index contributed by atoms with van der Waals surface area (Å²) in [6.07, 6.45) is 5.87. The lowest BCUT2D eigenvalue weighted by Crippen LogP contribution is -2.35. The van der Waals surface area contributed by atoms with Gasteiger partial charge in [0.15, 0.2) is 0 Å². The van der Waals surface area contributed by atoms with Crippen LogP contribution in [0.3, 0.4) is 0 Å². The summed E-state index contributed by atoms with van der Waals surface area (Å²) in [5, 5.41) is 2.70. The van der Waals surface area contributed by atoms with Gasteiger partial charge in [0.1, 0.15) is 0 Å². The van der Waals surface area contributed by atoms with Crippen molar-refractivity contribution in [2.45, 2.75) is 4.90 Å². The van der Waals surface area contributed by atoms with Crippen molar-refractivity contribution in [3.8, 4) is 0 Å². The maximum Gasteiger partial charge on any atom is 0.271 e. The first-order valence-electron chi connectivity index (χ1n) is 11.5. The second-order valence-corrected chi connectivity index (χ2v) is 9.73. The molecule has 184 valence electrons. The molecule has 0 atom stereocenters. The van der Waals surface area contributed by atoms with Crippen LogP contribution >= 0.6 is 0 Å². The predicted molar refractivity (Wildman–Crippen MR) is 147 cm³/mol. The summed E-state index contributed by atoms with van der Waals surface area (Å²) in [6.45, 7) is 0. The normalized spacial score (nSPS) is 11.5. The highest BCUT2D eigenvalue weighted by Gasteiger charge is 2.29. The van der Waals surface area contributed by atoms with Gasteiger partial charge in [-0.15, -0.1) is 0 Å². The number of amides is 2. The average Bonchev–Trinajstić information content (AvgIpc) is 2.93. The monoisotopic (exact) mass is 508 g/mol. The van der Waals surface area contributed by atoms with Crippen molar-refractivity contribution in [2.24, 2.45) is 0 Å². The maximum absolute atomic E-state index is 13.6. The van der Waals surface area contributed by atoms with Gasteiger partial charge in [-0.1, -0.05) is 78.9 Å². The second-order valence-electron chi connectivity index (χ2n) is 7.94. The standard InChI is InChI=1S/C30H24N2O4S/c33-29(22-16-24-10-4-1-5-11-24)31-26-18-20-28(21-19-26)37(35,36)32(27-14-8-3-9-15-27)30(34)23-17-25-12-6-2-7-13-25/h1-23H,(H,31,33). The van der Waals surface area contributed by atoms with E-state index >= 15 is 0 Å². The third-order valence-corrected chi connectivity index (χ3v) is 7.03. The topological polar surface area (TPSA) is 83.6 Å². The van der Waals surface area contributed by atoms with E-state index in [1.54, 1.807) is 42.5 Å². The van der Waals surface area contributed by atoms with Crippen LogP contribution in [0.5, 0.6) is 0 Å². The number of carbonyl (C=O) groups is 2. The minimum atomic E-state index is -4.24. The Morgan fingerprint density at radius 2 is 1.11 bits per heavy atom. The molecule has 0 aliphatic carbocycles. The maximum atomic E-state index is 13.6. The molecule has 6 nitrogen and oxygen atoms in total. The molecule has 4 rings (SSSR count). The molecule has 1 N–H and O–H groups in total. The minimum absolute atomic E-state index is 0.0874. The molecule has 0 saturated carbocycles. The molecule has 0 fully saturated rings. The van der Waals surface area contributed by atoms with Crippen LogP contribution in [-0.2, 0) is 19.6 Å². The zero-order valence-electron chi connectivity index (χ0n) is 19.8. The van der Waals surface area contributed by atoms with Gasteiger partial charge < -0.3 is 5.32 Å². The Morgan fingerprint density at radius 3 is 1.65 bits per heavy atom. The summed E-state index contributed by atoms with van der Waals surface area (Å²) >= 11 is 0. The van der Waals surface area contributed by atoms with Crippen LogP contribution in [0.15, 0.2) is 132 Å². The van der Waals surface area contributed by atoms with Crippen molar-refractivity contribution >= 4 is 45.4 Å². The number of hydrogen-bond donors (Lipinski definition) is 1. The summed E-state index contributed by atoms with van der Waals surface area (Å²) in [7, 11) is -4.24. The van der Waals surface area contributed by atoms with E-state index in [2.05, 4.69) is 5.32 Å². The van der Waals surface area contributed by atoms with Gasteiger partial charge in [-0.05, 0) is 59.7 Å². The number of hydrogen-bond acceptors (Lipinski definition) is 4. The molecule has 0 heterocycles. The summed E-state index contributed by atoms with van der Waals surface area (Å²) in [5.41, 5.74) is 2.28. The fourth-order valence-corrected chi connectivity index (χ4v) is 4.87. The molecule has 0 radical (unpaired) electrons. The molecule has 0 bridgehead atoms. The lowest BCUT2D eigenvalue weighted by molar-refractivity contribution is -0.113. The van der Waals surface area contributed by atoms with Gasteiger partial charge in [-0.3, -0.25) is 9.59 Å². The van der Waals surface area contributed by atoms with E-state index in [1.165, 1.54) is 36.4 Å². The second kappa shape index (κ2) is 11.8. The van der Waals surface area contributed by atoms with Crippen molar-refractivity contribution in [3.05, 3.63) is 139 Å². The van der Waals surface area contributed by atoms with E-state index < -0.39 is 15.9 Å².